The fourth-order valence-electron chi connectivity index (χ4n) is 2.23. The van der Waals surface area contributed by atoms with Crippen LogP contribution in [0.1, 0.15) is 11.1 Å². The van der Waals surface area contributed by atoms with Crippen molar-refractivity contribution in [3.63, 3.8) is 0 Å². The van der Waals surface area contributed by atoms with Gasteiger partial charge in [-0.1, -0.05) is 18.2 Å². The molecule has 0 saturated carbocycles. The summed E-state index contributed by atoms with van der Waals surface area (Å²) in [6.07, 6.45) is 0.624. The van der Waals surface area contributed by atoms with Gasteiger partial charge in [0.1, 0.15) is 18.2 Å². The van der Waals surface area contributed by atoms with Crippen molar-refractivity contribution in [3.05, 3.63) is 59.4 Å². The maximum Gasteiger partial charge on any atom is 0.319 e. The molecule has 0 radical (unpaired) electrons. The summed E-state index contributed by atoms with van der Waals surface area (Å²) in [5.41, 5.74) is 2.59. The van der Waals surface area contributed by atoms with E-state index in [0.29, 0.717) is 37.6 Å². The Morgan fingerprint density at radius 3 is 2.60 bits per heavy atom. The van der Waals surface area contributed by atoms with Crippen LogP contribution in [-0.2, 0) is 11.2 Å². The van der Waals surface area contributed by atoms with Gasteiger partial charge in [0.25, 0.3) is 0 Å². The molecule has 0 aliphatic carbocycles. The molecule has 0 saturated heterocycles. The number of anilines is 1. The van der Waals surface area contributed by atoms with E-state index in [1.165, 1.54) is 12.1 Å². The van der Waals surface area contributed by atoms with Crippen LogP contribution in [0.2, 0.25) is 0 Å². The van der Waals surface area contributed by atoms with Gasteiger partial charge in [0, 0.05) is 13.7 Å². The highest BCUT2D eigenvalue weighted by atomic mass is 19.1. The largest absolute Gasteiger partial charge is 0.489 e. The second-order valence-electron chi connectivity index (χ2n) is 5.60. The number of nitrogens with one attached hydrogen (secondary N) is 2. The van der Waals surface area contributed by atoms with E-state index in [9.17, 15) is 9.18 Å². The minimum Gasteiger partial charge on any atom is -0.489 e. The Hall–Kier alpha value is -2.60. The van der Waals surface area contributed by atoms with Crippen molar-refractivity contribution in [2.45, 2.75) is 13.3 Å². The molecule has 2 amide bonds. The molecule has 0 bridgehead atoms. The summed E-state index contributed by atoms with van der Waals surface area (Å²) in [6, 6.07) is 11.5. The van der Waals surface area contributed by atoms with Crippen LogP contribution in [0.5, 0.6) is 5.75 Å². The van der Waals surface area contributed by atoms with E-state index in [2.05, 4.69) is 10.6 Å². The van der Waals surface area contributed by atoms with Gasteiger partial charge in [0.2, 0.25) is 0 Å². The first-order valence-electron chi connectivity index (χ1n) is 8.10. The fraction of sp³-hybridized carbons (Fsp3) is 0.316. The van der Waals surface area contributed by atoms with Crippen LogP contribution in [0.15, 0.2) is 42.5 Å². The quantitative estimate of drug-likeness (QED) is 0.719. The first kappa shape index (κ1) is 18.7. The number of hydrogen-bond donors (Lipinski definition) is 2. The van der Waals surface area contributed by atoms with Gasteiger partial charge in [-0.05, 0) is 48.7 Å². The van der Waals surface area contributed by atoms with Crippen LogP contribution in [-0.4, -0.2) is 32.9 Å². The van der Waals surface area contributed by atoms with Gasteiger partial charge in [0.15, 0.2) is 0 Å². The van der Waals surface area contributed by atoms with Crippen molar-refractivity contribution in [1.82, 2.24) is 5.32 Å². The monoisotopic (exact) mass is 346 g/mol. The lowest BCUT2D eigenvalue weighted by Crippen LogP contribution is -2.30. The van der Waals surface area contributed by atoms with E-state index in [1.807, 2.05) is 19.1 Å². The second kappa shape index (κ2) is 9.64. The zero-order valence-corrected chi connectivity index (χ0v) is 14.5. The molecule has 0 unspecified atom stereocenters. The van der Waals surface area contributed by atoms with Crippen molar-refractivity contribution >= 4 is 11.7 Å². The third-order valence-electron chi connectivity index (χ3n) is 3.54. The highest BCUT2D eigenvalue weighted by molar-refractivity contribution is 5.90. The number of carbonyl (C=O) groups is 1. The lowest BCUT2D eigenvalue weighted by molar-refractivity contribution is 0.146. The summed E-state index contributed by atoms with van der Waals surface area (Å²) in [7, 11) is 1.60. The van der Waals surface area contributed by atoms with Crippen LogP contribution in [0.3, 0.4) is 0 Å². The lowest BCUT2D eigenvalue weighted by atomic mass is 10.1. The van der Waals surface area contributed by atoms with Crippen LogP contribution < -0.4 is 15.4 Å². The number of ether oxygens (including phenoxy) is 2. The summed E-state index contributed by atoms with van der Waals surface area (Å²) in [4.78, 5) is 12.1. The number of aryl methyl sites for hydroxylation is 1. The van der Waals surface area contributed by atoms with E-state index in [1.54, 1.807) is 25.3 Å². The molecule has 5 nitrogen and oxygen atoms in total. The summed E-state index contributed by atoms with van der Waals surface area (Å²) in [6.45, 7) is 3.27. The highest BCUT2D eigenvalue weighted by Crippen LogP contribution is 2.25. The molecule has 0 heterocycles. The normalized spacial score (nSPS) is 10.4. The van der Waals surface area contributed by atoms with Gasteiger partial charge in [-0.15, -0.1) is 0 Å². The molecule has 2 N–H and O–H groups in total. The predicted octanol–water partition coefficient (Wildman–Crippen LogP) is 3.52. The molecule has 2 rings (SSSR count). The molecule has 0 aromatic heterocycles. The number of benzene rings is 2. The zero-order valence-electron chi connectivity index (χ0n) is 14.5. The van der Waals surface area contributed by atoms with Gasteiger partial charge >= 0.3 is 6.03 Å². The lowest BCUT2D eigenvalue weighted by Gasteiger charge is -2.14. The standard InChI is InChI=1S/C19H23FN2O3/c1-14-3-8-17(18(13-14)25-12-11-24-2)22-19(23)21-10-9-15-4-6-16(20)7-5-15/h3-8,13H,9-12H2,1-2H3,(H2,21,22,23). The minimum atomic E-state index is -0.317. The SMILES string of the molecule is COCCOc1cc(C)ccc1NC(=O)NCCc1ccc(F)cc1. The summed E-state index contributed by atoms with van der Waals surface area (Å²) >= 11 is 0. The highest BCUT2D eigenvalue weighted by Gasteiger charge is 2.08. The van der Waals surface area contributed by atoms with E-state index in [-0.39, 0.29) is 11.8 Å². The maximum absolute atomic E-state index is 12.9. The van der Waals surface area contributed by atoms with Gasteiger partial charge in [-0.3, -0.25) is 0 Å². The predicted molar refractivity (Wildman–Crippen MR) is 95.7 cm³/mol. The molecule has 0 aliphatic heterocycles. The topological polar surface area (TPSA) is 59.6 Å². The van der Waals surface area contributed by atoms with E-state index in [0.717, 1.165) is 11.1 Å². The molecule has 0 aliphatic rings. The summed E-state index contributed by atoms with van der Waals surface area (Å²) < 4.78 is 23.5. The Morgan fingerprint density at radius 1 is 1.12 bits per heavy atom. The fourth-order valence-corrected chi connectivity index (χ4v) is 2.23. The van der Waals surface area contributed by atoms with E-state index in [4.69, 9.17) is 9.47 Å². The number of rotatable bonds is 8. The number of methoxy groups -OCH3 is 1. The molecule has 134 valence electrons. The van der Waals surface area contributed by atoms with E-state index < -0.39 is 0 Å². The van der Waals surface area contributed by atoms with Crippen molar-refractivity contribution in [2.24, 2.45) is 0 Å². The Kier molecular flexibility index (Phi) is 7.22. The molecule has 0 atom stereocenters. The first-order chi connectivity index (χ1) is 12.1. The van der Waals surface area contributed by atoms with Crippen molar-refractivity contribution in [1.29, 1.82) is 0 Å². The van der Waals surface area contributed by atoms with Crippen LogP contribution in [0, 0.1) is 12.7 Å². The molecule has 6 heteroatoms. The van der Waals surface area contributed by atoms with Crippen LogP contribution >= 0.6 is 0 Å². The first-order valence-corrected chi connectivity index (χ1v) is 8.10. The molecular weight excluding hydrogens is 323 g/mol. The Balaban J connectivity index is 1.85. The van der Waals surface area contributed by atoms with Crippen molar-refractivity contribution < 1.29 is 18.7 Å². The molecule has 2 aromatic carbocycles. The van der Waals surface area contributed by atoms with Crippen LogP contribution in [0.4, 0.5) is 14.9 Å². The number of urea groups is 1. The van der Waals surface area contributed by atoms with Crippen molar-refractivity contribution in [2.75, 3.05) is 32.2 Å². The molecular formula is C19H23FN2O3. The molecule has 25 heavy (non-hydrogen) atoms. The average Bonchev–Trinajstić information content (AvgIpc) is 2.59. The maximum atomic E-state index is 12.9. The Morgan fingerprint density at radius 2 is 1.88 bits per heavy atom. The summed E-state index contributed by atoms with van der Waals surface area (Å²) in [5.74, 6) is 0.334. The average molecular weight is 346 g/mol. The minimum absolute atomic E-state index is 0.269. The Labute approximate surface area is 147 Å². The third-order valence-corrected chi connectivity index (χ3v) is 3.54. The van der Waals surface area contributed by atoms with Gasteiger partial charge in [-0.25, -0.2) is 9.18 Å². The molecule has 0 spiro atoms. The van der Waals surface area contributed by atoms with Gasteiger partial charge < -0.3 is 20.1 Å². The number of carbonyl (C=O) groups excluding carboxylic acids is 1. The molecule has 2 aromatic rings. The van der Waals surface area contributed by atoms with Gasteiger partial charge in [0.05, 0.1) is 12.3 Å². The number of halogens is 1. The number of amides is 2. The van der Waals surface area contributed by atoms with Crippen molar-refractivity contribution in [3.8, 4) is 5.75 Å². The van der Waals surface area contributed by atoms with Gasteiger partial charge in [-0.2, -0.15) is 0 Å². The third kappa shape index (κ3) is 6.43. The second-order valence-corrected chi connectivity index (χ2v) is 5.60. The zero-order chi connectivity index (χ0) is 18.1. The summed E-state index contributed by atoms with van der Waals surface area (Å²) in [5, 5.41) is 5.56. The Bertz CT molecular complexity index is 690. The molecule has 0 fully saturated rings. The number of hydrogen-bond acceptors (Lipinski definition) is 3. The smallest absolute Gasteiger partial charge is 0.319 e. The van der Waals surface area contributed by atoms with E-state index >= 15 is 0 Å². The van der Waals surface area contributed by atoms with Crippen LogP contribution in [0.25, 0.3) is 0 Å².